The first kappa shape index (κ1) is 46.8. The number of hydrogen-bond acceptors (Lipinski definition) is 11. The summed E-state index contributed by atoms with van der Waals surface area (Å²) in [6, 6.07) is 20.7. The number of carbonyl (C=O) groups is 5. The highest BCUT2D eigenvalue weighted by Gasteiger charge is 2.32. The van der Waals surface area contributed by atoms with E-state index in [4.69, 9.17) is 19.3 Å². The van der Waals surface area contributed by atoms with Crippen molar-refractivity contribution in [2.45, 2.75) is 137 Å². The van der Waals surface area contributed by atoms with Gasteiger partial charge in [-0.15, -0.1) is 0 Å². The Morgan fingerprint density at radius 3 is 1.49 bits per heavy atom. The van der Waals surface area contributed by atoms with Gasteiger partial charge in [0.25, 0.3) is 0 Å². The number of carbonyl (C=O) groups excluding carboxylic acids is 5. The summed E-state index contributed by atoms with van der Waals surface area (Å²) >= 11 is 0. The molecule has 0 amide bonds. The maximum absolute atomic E-state index is 12.1. The predicted octanol–water partition coefficient (Wildman–Crippen LogP) is 7.48. The van der Waals surface area contributed by atoms with Crippen LogP contribution in [0.2, 0.25) is 0 Å². The fourth-order valence-corrected chi connectivity index (χ4v) is 5.42. The third-order valence-corrected chi connectivity index (χ3v) is 9.05. The summed E-state index contributed by atoms with van der Waals surface area (Å²) in [5, 5.41) is 9.08. The molecule has 1 aliphatic heterocycles. The van der Waals surface area contributed by atoms with Crippen molar-refractivity contribution >= 4 is 29.8 Å². The van der Waals surface area contributed by atoms with Gasteiger partial charge in [-0.05, 0) is 88.2 Å². The second-order valence-electron chi connectivity index (χ2n) is 13.7. The molecule has 296 valence electrons. The first-order valence-corrected chi connectivity index (χ1v) is 18.8. The number of hydrogen-bond donors (Lipinski definition) is 1. The van der Waals surface area contributed by atoms with Gasteiger partial charge < -0.3 is 28.8 Å². The smallest absolute Gasteiger partial charge is 0.347 e. The molecule has 0 saturated carbocycles. The van der Waals surface area contributed by atoms with E-state index in [9.17, 15) is 24.0 Å². The third-order valence-electron chi connectivity index (χ3n) is 9.05. The molecule has 11 heteroatoms. The van der Waals surface area contributed by atoms with E-state index in [0.717, 1.165) is 25.2 Å². The van der Waals surface area contributed by atoms with E-state index in [2.05, 4.69) is 73.6 Å². The highest BCUT2D eigenvalue weighted by molar-refractivity contribution is 5.86. The van der Waals surface area contributed by atoms with Crippen molar-refractivity contribution in [3.8, 4) is 0 Å². The molecule has 1 saturated heterocycles. The summed E-state index contributed by atoms with van der Waals surface area (Å²) in [5.41, 5.74) is 2.60. The minimum atomic E-state index is -1.06. The Bertz CT molecular complexity index is 1340. The second-order valence-corrected chi connectivity index (χ2v) is 13.7. The monoisotopic (exact) mass is 742 g/mol. The van der Waals surface area contributed by atoms with E-state index >= 15 is 0 Å². The van der Waals surface area contributed by atoms with Crippen molar-refractivity contribution in [2.75, 3.05) is 13.2 Å². The fraction of sp³-hybridized carbons (Fsp3) is 0.595. The van der Waals surface area contributed by atoms with Gasteiger partial charge in [-0.1, -0.05) is 101 Å². The average molecular weight is 743 g/mol. The van der Waals surface area contributed by atoms with Crippen LogP contribution in [-0.2, 0) is 47.7 Å². The number of aliphatic hydroxyl groups excluding tert-OH is 1. The molecule has 1 fully saturated rings. The van der Waals surface area contributed by atoms with Crippen LogP contribution in [0.5, 0.6) is 0 Å². The largest absolute Gasteiger partial charge is 0.463 e. The van der Waals surface area contributed by atoms with Gasteiger partial charge in [0.15, 0.2) is 24.4 Å². The number of aliphatic hydroxyl groups is 1. The average Bonchev–Trinajstić information content (AvgIpc) is 3.14. The first-order valence-electron chi connectivity index (χ1n) is 18.8. The van der Waals surface area contributed by atoms with E-state index < -0.39 is 54.3 Å². The molecular formula is C42H62O11. The Balaban J connectivity index is 0.000000463. The second kappa shape index (κ2) is 25.7. The molecule has 1 heterocycles. The highest BCUT2D eigenvalue weighted by Crippen LogP contribution is 2.29. The van der Waals surface area contributed by atoms with Crippen LogP contribution in [0.3, 0.4) is 0 Å². The van der Waals surface area contributed by atoms with Gasteiger partial charge in [-0.2, -0.15) is 0 Å². The van der Waals surface area contributed by atoms with Crippen molar-refractivity contribution in [1.29, 1.82) is 0 Å². The lowest BCUT2D eigenvalue weighted by Gasteiger charge is -2.22. The molecule has 3 rings (SSSR count). The lowest BCUT2D eigenvalue weighted by atomic mass is 9.86. The number of cyclic esters (lactones) is 2. The topological polar surface area (TPSA) is 152 Å². The van der Waals surface area contributed by atoms with Gasteiger partial charge in [-0.3, -0.25) is 4.79 Å². The van der Waals surface area contributed by atoms with Gasteiger partial charge in [0.05, 0.1) is 6.61 Å². The lowest BCUT2D eigenvalue weighted by molar-refractivity contribution is -0.191. The summed E-state index contributed by atoms with van der Waals surface area (Å²) in [6.45, 7) is 16.4. The van der Waals surface area contributed by atoms with Crippen LogP contribution in [0.1, 0.15) is 124 Å². The van der Waals surface area contributed by atoms with Gasteiger partial charge in [0.1, 0.15) is 0 Å². The van der Waals surface area contributed by atoms with Crippen molar-refractivity contribution in [3.05, 3.63) is 71.8 Å². The molecule has 8 atom stereocenters. The molecule has 53 heavy (non-hydrogen) atoms. The fourth-order valence-electron chi connectivity index (χ4n) is 5.42. The van der Waals surface area contributed by atoms with Crippen molar-refractivity contribution in [1.82, 2.24) is 0 Å². The summed E-state index contributed by atoms with van der Waals surface area (Å²) in [4.78, 5) is 56.1. The zero-order valence-electron chi connectivity index (χ0n) is 33.1. The number of benzene rings is 2. The predicted molar refractivity (Wildman–Crippen MR) is 202 cm³/mol. The van der Waals surface area contributed by atoms with Gasteiger partial charge in [0, 0.05) is 13.5 Å². The SMILES string of the molecule is CC1OC(=O)C(C)OC1=O.CCC(C)CC(CCO)c1ccccc1.CCC(C)CC(CCOC(=O)C(C)OC(=O)C(C)OC(C)=O)c1ccccc1. The number of esters is 5. The van der Waals surface area contributed by atoms with Crippen LogP contribution in [0.4, 0.5) is 0 Å². The molecule has 0 bridgehead atoms. The maximum Gasteiger partial charge on any atom is 0.347 e. The van der Waals surface area contributed by atoms with E-state index in [0.29, 0.717) is 24.2 Å². The summed E-state index contributed by atoms with van der Waals surface area (Å²) in [5.74, 6) is -0.813. The van der Waals surface area contributed by atoms with E-state index in [-0.39, 0.29) is 13.2 Å². The number of ether oxygens (including phenoxy) is 5. The van der Waals surface area contributed by atoms with Crippen LogP contribution in [0.15, 0.2) is 60.7 Å². The minimum absolute atomic E-state index is 0.246. The van der Waals surface area contributed by atoms with Crippen LogP contribution >= 0.6 is 0 Å². The Kier molecular flexibility index (Phi) is 22.7. The molecule has 2 aromatic carbocycles. The molecule has 0 aromatic heterocycles. The van der Waals surface area contributed by atoms with Gasteiger partial charge in [0.2, 0.25) is 0 Å². The van der Waals surface area contributed by atoms with Crippen LogP contribution in [-0.4, -0.2) is 72.6 Å². The summed E-state index contributed by atoms with van der Waals surface area (Å²) in [7, 11) is 0. The zero-order chi connectivity index (χ0) is 39.9. The first-order chi connectivity index (χ1) is 25.1. The third kappa shape index (κ3) is 18.9. The molecule has 0 radical (unpaired) electrons. The summed E-state index contributed by atoms with van der Waals surface area (Å²) in [6.07, 6.45) is 2.47. The molecule has 0 spiro atoms. The Morgan fingerprint density at radius 2 is 1.09 bits per heavy atom. The maximum atomic E-state index is 12.1. The van der Waals surface area contributed by atoms with Crippen molar-refractivity contribution in [3.63, 3.8) is 0 Å². The van der Waals surface area contributed by atoms with Crippen LogP contribution in [0, 0.1) is 11.8 Å². The van der Waals surface area contributed by atoms with Crippen molar-refractivity contribution < 1.29 is 52.8 Å². The van der Waals surface area contributed by atoms with E-state index in [1.807, 2.05) is 24.3 Å². The Hall–Kier alpha value is -4.25. The lowest BCUT2D eigenvalue weighted by Crippen LogP contribution is -2.40. The Labute approximate surface area is 316 Å². The zero-order valence-corrected chi connectivity index (χ0v) is 33.1. The quantitative estimate of drug-likeness (QED) is 0.127. The van der Waals surface area contributed by atoms with E-state index in [1.54, 1.807) is 0 Å². The van der Waals surface area contributed by atoms with Crippen LogP contribution < -0.4 is 0 Å². The van der Waals surface area contributed by atoms with Crippen LogP contribution in [0.25, 0.3) is 0 Å². The molecular weight excluding hydrogens is 680 g/mol. The van der Waals surface area contributed by atoms with Gasteiger partial charge in [-0.25, -0.2) is 19.2 Å². The molecule has 1 N–H and O–H groups in total. The highest BCUT2D eigenvalue weighted by atomic mass is 16.6. The molecule has 0 aliphatic carbocycles. The molecule has 1 aliphatic rings. The standard InChI is InChI=1S/C22H32O6.C14H22O.C6H8O4/c1-6-15(2)14-20(19-10-8-7-9-11-19)12-13-26-21(24)16(3)28-22(25)17(4)27-18(5)23;1-3-12(2)11-14(9-10-15)13-7-5-4-6-8-13;1-3-5(7)10-4(2)6(8)9-3/h7-11,15-17,20H,6,12-14H2,1-5H3;4-8,12,14-15H,3,9-11H2,1-2H3;3-4H,1-2H3. The molecule has 8 unspecified atom stereocenters. The van der Waals surface area contributed by atoms with Crippen molar-refractivity contribution in [2.24, 2.45) is 11.8 Å². The van der Waals surface area contributed by atoms with Gasteiger partial charge >= 0.3 is 29.8 Å². The minimum Gasteiger partial charge on any atom is -0.463 e. The normalized spacial score (nSPS) is 18.4. The molecule has 11 nitrogen and oxygen atoms in total. The molecule has 2 aromatic rings. The van der Waals surface area contributed by atoms with E-state index in [1.165, 1.54) is 58.6 Å². The summed E-state index contributed by atoms with van der Waals surface area (Å²) < 4.78 is 24.2. The Morgan fingerprint density at radius 1 is 0.679 bits per heavy atom. The number of rotatable bonds is 17.